The van der Waals surface area contributed by atoms with E-state index >= 15 is 0 Å². The van der Waals surface area contributed by atoms with Crippen LogP contribution in [0, 0.1) is 41.5 Å². The molecule has 0 saturated heterocycles. The summed E-state index contributed by atoms with van der Waals surface area (Å²) in [6.07, 6.45) is 3.69. The molecule has 0 atom stereocenters. The van der Waals surface area contributed by atoms with E-state index in [9.17, 15) is 0 Å². The number of benzene rings is 17. The first-order valence-electron chi connectivity index (χ1n) is 48.9. The van der Waals surface area contributed by atoms with Gasteiger partial charge in [-0.2, -0.15) is 0 Å². The second-order valence-electron chi connectivity index (χ2n) is 37.2. The van der Waals surface area contributed by atoms with Crippen molar-refractivity contribution in [2.24, 2.45) is 0 Å². The van der Waals surface area contributed by atoms with Crippen LogP contribution in [0.3, 0.4) is 0 Å². The Morgan fingerprint density at radius 1 is 0.151 bits per heavy atom. The van der Waals surface area contributed by atoms with Crippen molar-refractivity contribution in [3.8, 4) is 215 Å². The third kappa shape index (κ3) is 16.7. The number of para-hydroxylation sites is 1. The second-order valence-corrected chi connectivity index (χ2v) is 37.2. The van der Waals surface area contributed by atoms with E-state index in [4.69, 9.17) is 69.8 Å². The van der Waals surface area contributed by atoms with Crippen LogP contribution >= 0.6 is 0 Å². The van der Waals surface area contributed by atoms with Crippen LogP contribution in [-0.4, -0.2) is 78.9 Å². The van der Waals surface area contributed by atoms with E-state index < -0.39 is 0 Å². The Morgan fingerprint density at radius 2 is 0.445 bits per heavy atom. The molecule has 8 aromatic heterocycles. The molecule has 16 heteroatoms. The molecule has 0 unspecified atom stereocenters. The lowest BCUT2D eigenvalue weighted by atomic mass is 9.95. The predicted molar refractivity (Wildman–Crippen MR) is 591 cm³/mol. The molecule has 25 rings (SSSR count). The minimum Gasteiger partial charge on any atom is -0.309 e. The topological polar surface area (TPSA) is 190 Å². The van der Waals surface area contributed by atoms with Gasteiger partial charge in [0.15, 0.2) is 69.9 Å². The summed E-state index contributed by atoms with van der Waals surface area (Å²) in [5, 5.41) is 4.38. The van der Waals surface area contributed by atoms with Gasteiger partial charge in [-0.3, -0.25) is 9.97 Å². The van der Waals surface area contributed by atoms with E-state index in [1.165, 1.54) is 44.5 Å². The highest BCUT2D eigenvalue weighted by Gasteiger charge is 2.29. The van der Waals surface area contributed by atoms with Crippen molar-refractivity contribution in [3.63, 3.8) is 0 Å². The van der Waals surface area contributed by atoms with Gasteiger partial charge >= 0.3 is 0 Å². The number of nitrogens with zero attached hydrogens (tertiary/aromatic N) is 16. The van der Waals surface area contributed by atoms with Crippen LogP contribution in [0.1, 0.15) is 33.4 Å². The van der Waals surface area contributed by atoms with Crippen molar-refractivity contribution in [2.45, 2.75) is 41.5 Å². The van der Waals surface area contributed by atoms with Crippen molar-refractivity contribution < 1.29 is 0 Å². The predicted octanol–water partition coefficient (Wildman–Crippen LogP) is 31.3. The molecule has 0 aliphatic carbocycles. The first-order chi connectivity index (χ1) is 71.8. The fourth-order valence-corrected chi connectivity index (χ4v) is 20.5. The smallest absolute Gasteiger partial charge is 0.166 e. The molecule has 0 radical (unpaired) electrons. The van der Waals surface area contributed by atoms with Gasteiger partial charge in [-0.1, -0.05) is 338 Å². The molecular formula is C130H90N16. The standard InChI is InChI=1S/C130H90N16/c1-79-52-59-99(83(5)69-79)93-55-62-113-107(75-93)108-76-94(100-60-53-80(2)70-84(100)6)56-63-114(108)146(113)116-65-57-96(126-135-119(85-32-13-7-14-33-85)133-120(136-126)86-34-15-8-16-35-86)77-110(116)118-105(50-31-67-132-118)130-142-124(90-42-23-12-24-43-90)137-125(144-130)95-45-29-44-92(73-95)101-46-25-26-48-103(101)128-139-123(89-40-21-11-22-41-89)138-127(143-128)97-58-64-115(145-111-51-28-27-47-102(111)106-74-91(54-61-112(106)145)98-71-81(3)68-82(4)72-98)109(78-97)117-104(49-30-66-131-117)129-140-121(87-36-17-9-18-37-87)134-122(141-129)88-38-19-10-20-39-88/h7-78H,1-6H3. The highest BCUT2D eigenvalue weighted by atomic mass is 15.1. The summed E-state index contributed by atoms with van der Waals surface area (Å²) >= 11 is 0. The van der Waals surface area contributed by atoms with E-state index in [0.29, 0.717) is 98.0 Å². The summed E-state index contributed by atoms with van der Waals surface area (Å²) in [5.41, 5.74) is 33.6. The lowest BCUT2D eigenvalue weighted by molar-refractivity contribution is 1.07. The third-order valence-electron chi connectivity index (χ3n) is 27.3. The fraction of sp³-hybridized carbons (Fsp3) is 0.0462. The van der Waals surface area contributed by atoms with Crippen LogP contribution in [0.4, 0.5) is 0 Å². The fourth-order valence-electron chi connectivity index (χ4n) is 20.5. The molecule has 8 heterocycles. The molecule has 146 heavy (non-hydrogen) atoms. The van der Waals surface area contributed by atoms with Crippen LogP contribution in [0.15, 0.2) is 437 Å². The largest absolute Gasteiger partial charge is 0.309 e. The Labute approximate surface area is 843 Å². The van der Waals surface area contributed by atoms with Crippen molar-refractivity contribution in [1.82, 2.24) is 78.9 Å². The van der Waals surface area contributed by atoms with Gasteiger partial charge in [-0.25, -0.2) is 59.8 Å². The lowest BCUT2D eigenvalue weighted by Crippen LogP contribution is -2.05. The Kier molecular flexibility index (Phi) is 22.6. The number of aryl methyl sites for hydroxylation is 6. The Morgan fingerprint density at radius 3 is 0.849 bits per heavy atom. The molecule has 0 spiro atoms. The van der Waals surface area contributed by atoms with Crippen LogP contribution in [0.5, 0.6) is 0 Å². The van der Waals surface area contributed by atoms with Gasteiger partial charge in [0.05, 0.1) is 44.8 Å². The summed E-state index contributed by atoms with van der Waals surface area (Å²) in [7, 11) is 0. The average molecular weight is 1880 g/mol. The van der Waals surface area contributed by atoms with Gasteiger partial charge in [0, 0.05) is 112 Å². The van der Waals surface area contributed by atoms with Gasteiger partial charge in [0.1, 0.15) is 0 Å². The number of hydrogen-bond acceptors (Lipinski definition) is 14. The first kappa shape index (κ1) is 88.1. The SMILES string of the molecule is Cc1cc(C)cc(-c2ccc3c(c2)c2ccccc2n3-c2ccc(-c3nc(-c4ccccc4)nc(-c4ccccc4-c4cccc(-c5nc(-c6ccccc6)nc(-c6cccnc6-c6cc(-c7nc(-c8ccccc8)nc(-c8ccccc8)n7)ccc6-n6c7ccc(-c8ccc(C)cc8C)cc7c7cc(-c8ccc(C)cc8C)ccc76)n5)c4)n3)cc2-c2ncccc2-c2nc(-c3ccccc3)nc(-c3ccccc3)n2)c1. The molecule has 0 N–H and O–H groups in total. The molecule has 0 fully saturated rings. The summed E-state index contributed by atoms with van der Waals surface area (Å²) in [6, 6.07) is 148. The van der Waals surface area contributed by atoms with Crippen molar-refractivity contribution >= 4 is 43.6 Å². The maximum Gasteiger partial charge on any atom is 0.166 e. The number of rotatable bonds is 20. The molecule has 0 bridgehead atoms. The Bertz CT molecular complexity index is 9190. The van der Waals surface area contributed by atoms with Crippen molar-refractivity contribution in [1.29, 1.82) is 0 Å². The molecular weight excluding hydrogens is 1790 g/mol. The quantitative estimate of drug-likeness (QED) is 0.0700. The van der Waals surface area contributed by atoms with Crippen LogP contribution in [0.2, 0.25) is 0 Å². The first-order valence-corrected chi connectivity index (χ1v) is 48.9. The van der Waals surface area contributed by atoms with Crippen LogP contribution in [-0.2, 0) is 0 Å². The second kappa shape index (κ2) is 37.4. The average Bonchev–Trinajstić information content (AvgIpc) is 1.57. The van der Waals surface area contributed by atoms with E-state index in [0.717, 1.165) is 150 Å². The van der Waals surface area contributed by atoms with Gasteiger partial charge < -0.3 is 9.13 Å². The monoisotopic (exact) mass is 1870 g/mol. The molecule has 0 aliphatic rings. The minimum absolute atomic E-state index is 0.398. The Hall–Kier alpha value is -19.3. The molecule has 0 aliphatic heterocycles. The molecule has 690 valence electrons. The minimum atomic E-state index is 0.398. The summed E-state index contributed by atoms with van der Waals surface area (Å²) in [5.74, 6) is 5.71. The highest BCUT2D eigenvalue weighted by molar-refractivity contribution is 6.14. The van der Waals surface area contributed by atoms with Gasteiger partial charge in [0.25, 0.3) is 0 Å². The third-order valence-corrected chi connectivity index (χ3v) is 27.3. The number of fused-ring (bicyclic) bond motifs is 6. The van der Waals surface area contributed by atoms with E-state index in [-0.39, 0.29) is 0 Å². The highest BCUT2D eigenvalue weighted by Crippen LogP contribution is 2.48. The van der Waals surface area contributed by atoms with Crippen molar-refractivity contribution in [2.75, 3.05) is 0 Å². The number of pyridine rings is 2. The molecule has 25 aromatic rings. The van der Waals surface area contributed by atoms with Gasteiger partial charge in [0.2, 0.25) is 0 Å². The maximum absolute atomic E-state index is 5.66. The van der Waals surface area contributed by atoms with Gasteiger partial charge in [-0.05, 0) is 206 Å². The van der Waals surface area contributed by atoms with Crippen LogP contribution in [0.25, 0.3) is 259 Å². The zero-order valence-corrected chi connectivity index (χ0v) is 80.7. The van der Waals surface area contributed by atoms with E-state index in [1.807, 2.05) is 213 Å². The van der Waals surface area contributed by atoms with Crippen LogP contribution < -0.4 is 0 Å². The summed E-state index contributed by atoms with van der Waals surface area (Å²) in [6.45, 7) is 13.0. The normalized spacial score (nSPS) is 11.5. The summed E-state index contributed by atoms with van der Waals surface area (Å²) < 4.78 is 4.75. The molecule has 16 nitrogen and oxygen atoms in total. The summed E-state index contributed by atoms with van der Waals surface area (Å²) in [4.78, 5) is 76.0. The van der Waals surface area contributed by atoms with Crippen molar-refractivity contribution in [3.05, 3.63) is 470 Å². The van der Waals surface area contributed by atoms with E-state index in [2.05, 4.69) is 275 Å². The maximum atomic E-state index is 5.66. The molecule has 0 amide bonds. The van der Waals surface area contributed by atoms with E-state index in [1.54, 1.807) is 0 Å². The number of hydrogen-bond donors (Lipinski definition) is 0. The van der Waals surface area contributed by atoms with Gasteiger partial charge in [-0.15, -0.1) is 0 Å². The zero-order valence-electron chi connectivity index (χ0n) is 80.7. The zero-order chi connectivity index (χ0) is 98.0. The number of aromatic nitrogens is 16. The molecule has 17 aromatic carbocycles. The molecule has 0 saturated carbocycles. The lowest BCUT2D eigenvalue weighted by Gasteiger charge is -2.18. The Balaban J connectivity index is 0.657.